The lowest BCUT2D eigenvalue weighted by Crippen LogP contribution is -1.97. The van der Waals surface area contributed by atoms with E-state index < -0.39 is 0 Å². The van der Waals surface area contributed by atoms with Gasteiger partial charge >= 0.3 is 0 Å². The van der Waals surface area contributed by atoms with Crippen LogP contribution in [0, 0.1) is 5.82 Å². The van der Waals surface area contributed by atoms with Crippen LogP contribution in [-0.4, -0.2) is 21.2 Å². The Hall–Kier alpha value is -2.33. The Bertz CT molecular complexity index is 693. The predicted molar refractivity (Wildman–Crippen MR) is 95.9 cm³/mol. The van der Waals surface area contributed by atoms with Gasteiger partial charge in [0.1, 0.15) is 5.82 Å². The van der Waals surface area contributed by atoms with Crippen LogP contribution >= 0.6 is 0 Å². The fraction of sp³-hybridized carbons (Fsp3) is 0.300. The van der Waals surface area contributed by atoms with Gasteiger partial charge in [0, 0.05) is 23.5 Å². The minimum absolute atomic E-state index is 0.285. The van der Waals surface area contributed by atoms with Gasteiger partial charge < -0.3 is 5.11 Å². The first kappa shape index (κ1) is 18.0. The number of aromatic nitrogens is 2. The summed E-state index contributed by atoms with van der Waals surface area (Å²) in [6.07, 6.45) is 11.9. The van der Waals surface area contributed by atoms with E-state index in [0.717, 1.165) is 24.8 Å². The first-order valence-corrected chi connectivity index (χ1v) is 8.16. The number of unbranched alkanes of at least 4 members (excludes halogenated alkanes) is 1. The molecule has 2 rings (SSSR count). The van der Waals surface area contributed by atoms with Gasteiger partial charge in [0.2, 0.25) is 0 Å². The highest BCUT2D eigenvalue weighted by Gasteiger charge is 2.05. The summed E-state index contributed by atoms with van der Waals surface area (Å²) in [6.45, 7) is 5.45. The van der Waals surface area contributed by atoms with E-state index in [2.05, 4.69) is 16.5 Å². The van der Waals surface area contributed by atoms with E-state index in [4.69, 9.17) is 0 Å². The number of hydrogen-bond acceptors (Lipinski definition) is 3. The van der Waals surface area contributed by atoms with Crippen molar-refractivity contribution in [2.45, 2.75) is 38.7 Å². The molecule has 0 spiro atoms. The van der Waals surface area contributed by atoms with Gasteiger partial charge in [0.15, 0.2) is 5.82 Å². The lowest BCUT2D eigenvalue weighted by Gasteiger charge is -2.04. The molecule has 0 radical (unpaired) electrons. The molecular weight excluding hydrogens is 303 g/mol. The van der Waals surface area contributed by atoms with E-state index in [0.29, 0.717) is 23.4 Å². The minimum atomic E-state index is -0.293. The van der Waals surface area contributed by atoms with Crippen molar-refractivity contribution >= 4 is 6.08 Å². The fourth-order valence-corrected chi connectivity index (χ4v) is 2.32. The number of nitrogens with zero attached hydrogens (tertiary/aromatic N) is 2. The van der Waals surface area contributed by atoms with Crippen molar-refractivity contribution in [2.24, 2.45) is 0 Å². The molecule has 0 aliphatic heterocycles. The summed E-state index contributed by atoms with van der Waals surface area (Å²) < 4.78 is 14.2. The molecule has 0 saturated carbocycles. The van der Waals surface area contributed by atoms with Gasteiger partial charge in [-0.2, -0.15) is 0 Å². The summed E-state index contributed by atoms with van der Waals surface area (Å²) in [7, 11) is 0. The van der Waals surface area contributed by atoms with E-state index in [1.54, 1.807) is 37.5 Å². The Labute approximate surface area is 142 Å². The average Bonchev–Trinajstić information content (AvgIpc) is 2.56. The van der Waals surface area contributed by atoms with Gasteiger partial charge in [-0.1, -0.05) is 30.4 Å². The predicted octanol–water partition coefficient (Wildman–Crippen LogP) is 4.58. The molecule has 1 atom stereocenters. The molecular formula is C20H23FN2O. The summed E-state index contributed by atoms with van der Waals surface area (Å²) in [5, 5.41) is 9.20. The number of allylic oxidation sites excluding steroid dienone is 2. The Kier molecular flexibility index (Phi) is 6.82. The second-order valence-electron chi connectivity index (χ2n) is 5.83. The van der Waals surface area contributed by atoms with Crippen molar-refractivity contribution < 1.29 is 9.50 Å². The molecule has 0 amide bonds. The fourth-order valence-electron chi connectivity index (χ4n) is 2.32. The van der Waals surface area contributed by atoms with E-state index in [1.165, 1.54) is 6.07 Å². The highest BCUT2D eigenvalue weighted by Crippen LogP contribution is 2.20. The summed E-state index contributed by atoms with van der Waals surface area (Å²) >= 11 is 0. The molecule has 1 aromatic heterocycles. The summed E-state index contributed by atoms with van der Waals surface area (Å²) in [6, 6.07) is 5.01. The quantitative estimate of drug-likeness (QED) is 0.571. The maximum absolute atomic E-state index is 14.2. The molecule has 1 heterocycles. The van der Waals surface area contributed by atoms with Gasteiger partial charge in [-0.15, -0.1) is 6.58 Å². The number of aliphatic hydroxyl groups excluding tert-OH is 1. The van der Waals surface area contributed by atoms with Gasteiger partial charge in [0.05, 0.1) is 6.10 Å². The molecule has 1 N–H and O–H groups in total. The molecule has 24 heavy (non-hydrogen) atoms. The zero-order valence-corrected chi connectivity index (χ0v) is 14.0. The Morgan fingerprint density at radius 2 is 2.04 bits per heavy atom. The molecule has 0 aliphatic carbocycles. The van der Waals surface area contributed by atoms with Crippen molar-refractivity contribution in [1.82, 2.24) is 9.97 Å². The van der Waals surface area contributed by atoms with Crippen molar-refractivity contribution in [2.75, 3.05) is 0 Å². The molecule has 3 nitrogen and oxygen atoms in total. The molecule has 0 aliphatic rings. The van der Waals surface area contributed by atoms with Gasteiger partial charge in [-0.3, -0.25) is 0 Å². The third kappa shape index (κ3) is 5.39. The van der Waals surface area contributed by atoms with Crippen molar-refractivity contribution in [3.8, 4) is 11.4 Å². The summed E-state index contributed by atoms with van der Waals surface area (Å²) in [5.41, 5.74) is 2.17. The third-order valence-electron chi connectivity index (χ3n) is 3.63. The maximum Gasteiger partial charge on any atom is 0.159 e. The lowest BCUT2D eigenvalue weighted by atomic mass is 10.1. The van der Waals surface area contributed by atoms with Crippen LogP contribution in [0.5, 0.6) is 0 Å². The van der Waals surface area contributed by atoms with Crippen LogP contribution in [0.15, 0.2) is 49.3 Å². The smallest absolute Gasteiger partial charge is 0.159 e. The van der Waals surface area contributed by atoms with Gasteiger partial charge in [-0.05, 0) is 44.2 Å². The summed E-state index contributed by atoms with van der Waals surface area (Å²) in [5.74, 6) is 0.215. The van der Waals surface area contributed by atoms with Crippen molar-refractivity contribution in [3.63, 3.8) is 0 Å². The first-order valence-electron chi connectivity index (χ1n) is 8.16. The van der Waals surface area contributed by atoms with Crippen molar-refractivity contribution in [1.29, 1.82) is 0 Å². The van der Waals surface area contributed by atoms with Gasteiger partial charge in [0.25, 0.3) is 0 Å². The molecule has 1 aromatic carbocycles. The SMILES string of the molecule is C=CCc1cnc(-c2ccc(/C=C/CCCC(C)O)c(F)c2)nc1. The van der Waals surface area contributed by atoms with Crippen LogP contribution in [0.25, 0.3) is 17.5 Å². The largest absolute Gasteiger partial charge is 0.393 e. The number of benzene rings is 1. The zero-order valence-electron chi connectivity index (χ0n) is 14.0. The van der Waals surface area contributed by atoms with Gasteiger partial charge in [-0.25, -0.2) is 14.4 Å². The molecule has 4 heteroatoms. The van der Waals surface area contributed by atoms with E-state index in [-0.39, 0.29) is 11.9 Å². The van der Waals surface area contributed by atoms with E-state index in [9.17, 15) is 9.50 Å². The third-order valence-corrected chi connectivity index (χ3v) is 3.63. The van der Waals surface area contributed by atoms with Crippen LogP contribution in [-0.2, 0) is 6.42 Å². The highest BCUT2D eigenvalue weighted by molar-refractivity contribution is 5.60. The number of aliphatic hydroxyl groups is 1. The highest BCUT2D eigenvalue weighted by atomic mass is 19.1. The van der Waals surface area contributed by atoms with Crippen molar-refractivity contribution in [3.05, 3.63) is 66.3 Å². The second kappa shape index (κ2) is 9.08. The first-order chi connectivity index (χ1) is 11.6. The molecule has 0 fully saturated rings. The standard InChI is InChI=1S/C20H23FN2O/c1-3-7-16-13-22-20(23-14-16)18-11-10-17(19(21)12-18)9-6-4-5-8-15(2)24/h3,6,9-15,24H,1,4-5,7-8H2,2H3/b9-6+. The average molecular weight is 326 g/mol. The number of halogens is 1. The van der Waals surface area contributed by atoms with Crippen LogP contribution in [0.4, 0.5) is 4.39 Å². The normalized spacial score (nSPS) is 12.5. The van der Waals surface area contributed by atoms with E-state index >= 15 is 0 Å². The Morgan fingerprint density at radius 3 is 2.67 bits per heavy atom. The number of rotatable bonds is 8. The molecule has 0 saturated heterocycles. The maximum atomic E-state index is 14.2. The van der Waals surface area contributed by atoms with Crippen LogP contribution in [0.1, 0.15) is 37.3 Å². The van der Waals surface area contributed by atoms with Crippen LogP contribution in [0.3, 0.4) is 0 Å². The van der Waals surface area contributed by atoms with E-state index in [1.807, 2.05) is 12.1 Å². The lowest BCUT2D eigenvalue weighted by molar-refractivity contribution is 0.182. The second-order valence-corrected chi connectivity index (χ2v) is 5.83. The van der Waals surface area contributed by atoms with Crippen LogP contribution in [0.2, 0.25) is 0 Å². The summed E-state index contributed by atoms with van der Waals surface area (Å²) in [4.78, 5) is 8.55. The minimum Gasteiger partial charge on any atom is -0.393 e. The monoisotopic (exact) mass is 326 g/mol. The topological polar surface area (TPSA) is 46.0 Å². The molecule has 126 valence electrons. The molecule has 0 bridgehead atoms. The molecule has 1 unspecified atom stereocenters. The Morgan fingerprint density at radius 1 is 1.29 bits per heavy atom. The van der Waals surface area contributed by atoms with Crippen LogP contribution < -0.4 is 0 Å². The zero-order chi connectivity index (χ0) is 17.4. The Balaban J connectivity index is 2.03. The molecule has 2 aromatic rings. The number of hydrogen-bond donors (Lipinski definition) is 1.